The molecule has 0 saturated carbocycles. The van der Waals surface area contributed by atoms with E-state index in [0.29, 0.717) is 24.6 Å². The maximum atomic E-state index is 16.3. The summed E-state index contributed by atoms with van der Waals surface area (Å²) in [6, 6.07) is 13.6. The molecule has 7 nitrogen and oxygen atoms in total. The molecule has 0 radical (unpaired) electrons. The zero-order valence-electron chi connectivity index (χ0n) is 21.1. The molecule has 5 heterocycles. The summed E-state index contributed by atoms with van der Waals surface area (Å²) >= 11 is 0. The van der Waals surface area contributed by atoms with E-state index in [1.807, 2.05) is 49.5 Å². The van der Waals surface area contributed by atoms with E-state index < -0.39 is 0 Å². The van der Waals surface area contributed by atoms with Gasteiger partial charge >= 0.3 is 0 Å². The fourth-order valence-corrected chi connectivity index (χ4v) is 5.31. The molecule has 6 rings (SSSR count). The Morgan fingerprint density at radius 3 is 2.49 bits per heavy atom. The lowest BCUT2D eigenvalue weighted by molar-refractivity contribution is 0.122. The Labute approximate surface area is 216 Å². The van der Waals surface area contributed by atoms with Gasteiger partial charge in [0.25, 0.3) is 0 Å². The molecule has 8 heteroatoms. The Bertz CT molecular complexity index is 1380. The predicted octanol–water partition coefficient (Wildman–Crippen LogP) is 5.85. The van der Waals surface area contributed by atoms with Crippen LogP contribution < -0.4 is 14.9 Å². The molecule has 0 N–H and O–H groups in total. The Hall–Kier alpha value is -3.78. The van der Waals surface area contributed by atoms with E-state index in [-0.39, 0.29) is 0 Å². The summed E-state index contributed by atoms with van der Waals surface area (Å²) in [5.74, 6) is 0.986. The normalized spacial score (nSPS) is 16.3. The largest absolute Gasteiger partial charge is 0.378 e. The van der Waals surface area contributed by atoms with E-state index in [2.05, 4.69) is 20.9 Å². The van der Waals surface area contributed by atoms with Crippen molar-refractivity contribution in [3.05, 3.63) is 66.6 Å². The van der Waals surface area contributed by atoms with Gasteiger partial charge in [-0.2, -0.15) is 5.12 Å². The number of fused-ring (bicyclic) bond motifs is 1. The molecule has 190 valence electrons. The van der Waals surface area contributed by atoms with E-state index >= 15 is 4.48 Å². The van der Waals surface area contributed by atoms with Crippen LogP contribution in [0.1, 0.15) is 24.8 Å². The zero-order chi connectivity index (χ0) is 25.2. The molecule has 2 saturated heterocycles. The standard InChI is InChI=1S/C29H31FN6O/c1-21-28(22-9-10-27(32-18-22)35-11-5-2-6-12-35)33-26-8-4-3-7-25(26)29(21)36(30)24-17-23(19-31-20-24)34-13-15-37-16-14-34/h3-4,7-10,17-20H,2,5-6,11-16H2,1H3. The average Bonchev–Trinajstić information content (AvgIpc) is 2.98. The number of anilines is 4. The molecule has 37 heavy (non-hydrogen) atoms. The molecule has 4 aromatic rings. The highest BCUT2D eigenvalue weighted by molar-refractivity contribution is 5.98. The van der Waals surface area contributed by atoms with Crippen molar-refractivity contribution in [2.24, 2.45) is 0 Å². The van der Waals surface area contributed by atoms with Gasteiger partial charge in [0.1, 0.15) is 5.82 Å². The van der Waals surface area contributed by atoms with Gasteiger partial charge in [-0.25, -0.2) is 9.97 Å². The van der Waals surface area contributed by atoms with Gasteiger partial charge in [-0.15, -0.1) is 0 Å². The van der Waals surface area contributed by atoms with Crippen LogP contribution in [0.15, 0.2) is 61.1 Å². The van der Waals surface area contributed by atoms with Crippen LogP contribution in [-0.2, 0) is 4.74 Å². The summed E-state index contributed by atoms with van der Waals surface area (Å²) in [5, 5.41) is 1.50. The summed E-state index contributed by atoms with van der Waals surface area (Å²) < 4.78 is 21.8. The van der Waals surface area contributed by atoms with Crippen molar-refractivity contribution >= 4 is 33.8 Å². The number of hydrogen-bond acceptors (Lipinski definition) is 7. The third-order valence-electron chi connectivity index (χ3n) is 7.31. The second-order valence-electron chi connectivity index (χ2n) is 9.69. The number of morpholine rings is 1. The number of halogens is 1. The maximum absolute atomic E-state index is 16.3. The summed E-state index contributed by atoms with van der Waals surface area (Å²) in [6.07, 6.45) is 8.88. The van der Waals surface area contributed by atoms with Gasteiger partial charge in [0.2, 0.25) is 0 Å². The van der Waals surface area contributed by atoms with E-state index in [0.717, 1.165) is 70.5 Å². The fourth-order valence-electron chi connectivity index (χ4n) is 5.31. The van der Waals surface area contributed by atoms with Crippen LogP contribution in [0.3, 0.4) is 0 Å². The molecule has 0 unspecified atom stereocenters. The first-order valence-corrected chi connectivity index (χ1v) is 13.0. The smallest absolute Gasteiger partial charge is 0.128 e. The first-order chi connectivity index (χ1) is 18.2. The van der Waals surface area contributed by atoms with Crippen LogP contribution in [0.2, 0.25) is 0 Å². The van der Waals surface area contributed by atoms with Crippen molar-refractivity contribution < 1.29 is 9.22 Å². The van der Waals surface area contributed by atoms with E-state index in [1.54, 1.807) is 12.4 Å². The average molecular weight is 499 g/mol. The van der Waals surface area contributed by atoms with Crippen molar-refractivity contribution in [3.63, 3.8) is 0 Å². The number of benzene rings is 1. The van der Waals surface area contributed by atoms with Crippen LogP contribution in [0.5, 0.6) is 0 Å². The summed E-state index contributed by atoms with van der Waals surface area (Å²) in [4.78, 5) is 18.5. The summed E-state index contributed by atoms with van der Waals surface area (Å²) in [5.41, 5.74) is 4.83. The monoisotopic (exact) mass is 498 g/mol. The highest BCUT2D eigenvalue weighted by atomic mass is 19.2. The van der Waals surface area contributed by atoms with Gasteiger partial charge in [-0.05, 0) is 50.5 Å². The topological polar surface area (TPSA) is 57.6 Å². The minimum absolute atomic E-state index is 0.382. The number of rotatable bonds is 5. The number of aromatic nitrogens is 3. The number of pyridine rings is 3. The number of ether oxygens (including phenoxy) is 1. The molecule has 2 fully saturated rings. The number of para-hydroxylation sites is 1. The van der Waals surface area contributed by atoms with Gasteiger partial charge in [0.15, 0.2) is 0 Å². The lowest BCUT2D eigenvalue weighted by Crippen LogP contribution is -2.36. The van der Waals surface area contributed by atoms with E-state index in [9.17, 15) is 0 Å². The SMILES string of the molecule is Cc1c(-c2ccc(N3CCCCC3)nc2)nc2ccccc2c1N(F)c1cncc(N2CCOCC2)c1. The molecule has 0 bridgehead atoms. The summed E-state index contributed by atoms with van der Waals surface area (Å²) in [7, 11) is 0. The third kappa shape index (κ3) is 4.69. The molecule has 0 aliphatic carbocycles. The fraction of sp³-hybridized carbons (Fsp3) is 0.345. The highest BCUT2D eigenvalue weighted by Gasteiger charge is 2.22. The molecule has 0 atom stereocenters. The van der Waals surface area contributed by atoms with Gasteiger partial charge in [-0.1, -0.05) is 22.7 Å². The maximum Gasteiger partial charge on any atom is 0.128 e. The van der Waals surface area contributed by atoms with Crippen molar-refractivity contribution in [2.75, 3.05) is 54.3 Å². The second kappa shape index (κ2) is 10.3. The minimum atomic E-state index is 0.382. The zero-order valence-corrected chi connectivity index (χ0v) is 21.1. The van der Waals surface area contributed by atoms with Gasteiger partial charge in [-0.3, -0.25) is 4.98 Å². The van der Waals surface area contributed by atoms with Gasteiger partial charge < -0.3 is 14.5 Å². The molecular formula is C29H31FN6O. The number of hydrogen-bond donors (Lipinski definition) is 0. The lowest BCUT2D eigenvalue weighted by atomic mass is 10.0. The highest BCUT2D eigenvalue weighted by Crippen LogP contribution is 2.40. The second-order valence-corrected chi connectivity index (χ2v) is 9.69. The van der Waals surface area contributed by atoms with Crippen LogP contribution in [0, 0.1) is 6.92 Å². The van der Waals surface area contributed by atoms with Crippen LogP contribution >= 0.6 is 0 Å². The lowest BCUT2D eigenvalue weighted by Gasteiger charge is -2.29. The quantitative estimate of drug-likeness (QED) is 0.320. The van der Waals surface area contributed by atoms with Gasteiger partial charge in [0.05, 0.1) is 53.9 Å². The predicted molar refractivity (Wildman–Crippen MR) is 146 cm³/mol. The Morgan fingerprint density at radius 2 is 1.70 bits per heavy atom. The molecule has 0 spiro atoms. The number of nitrogens with zero attached hydrogens (tertiary/aromatic N) is 6. The number of piperidine rings is 1. The summed E-state index contributed by atoms with van der Waals surface area (Å²) in [6.45, 7) is 6.85. The van der Waals surface area contributed by atoms with Crippen molar-refractivity contribution in [2.45, 2.75) is 26.2 Å². The molecule has 2 aliphatic rings. The Balaban J connectivity index is 1.39. The third-order valence-corrected chi connectivity index (χ3v) is 7.31. The molecule has 1 aromatic carbocycles. The Morgan fingerprint density at radius 1 is 0.892 bits per heavy atom. The first-order valence-electron chi connectivity index (χ1n) is 13.0. The van der Waals surface area contributed by atoms with Gasteiger partial charge in [0, 0.05) is 48.9 Å². The molecule has 3 aromatic heterocycles. The molecule has 0 amide bonds. The van der Waals surface area contributed by atoms with E-state index in [1.165, 1.54) is 19.3 Å². The molecule has 2 aliphatic heterocycles. The molecular weight excluding hydrogens is 467 g/mol. The van der Waals surface area contributed by atoms with Crippen molar-refractivity contribution in [1.29, 1.82) is 0 Å². The van der Waals surface area contributed by atoms with Crippen molar-refractivity contribution in [3.8, 4) is 11.3 Å². The first kappa shape index (κ1) is 23.6. The van der Waals surface area contributed by atoms with E-state index in [4.69, 9.17) is 14.7 Å². The van der Waals surface area contributed by atoms with Crippen LogP contribution in [0.25, 0.3) is 22.2 Å². The van der Waals surface area contributed by atoms with Crippen molar-refractivity contribution in [1.82, 2.24) is 15.0 Å². The van der Waals surface area contributed by atoms with Crippen LogP contribution in [0.4, 0.5) is 27.4 Å². The Kier molecular flexibility index (Phi) is 6.57. The minimum Gasteiger partial charge on any atom is -0.378 e. The van der Waals surface area contributed by atoms with Crippen LogP contribution in [-0.4, -0.2) is 54.3 Å².